The van der Waals surface area contributed by atoms with E-state index in [0.717, 1.165) is 17.7 Å². The van der Waals surface area contributed by atoms with E-state index in [-0.39, 0.29) is 30.8 Å². The number of aliphatic carboxylic acids is 1. The van der Waals surface area contributed by atoms with Crippen molar-refractivity contribution in [1.82, 2.24) is 10.2 Å². The second kappa shape index (κ2) is 8.33. The summed E-state index contributed by atoms with van der Waals surface area (Å²) in [4.78, 5) is 36.6. The zero-order chi connectivity index (χ0) is 17.5. The van der Waals surface area contributed by atoms with Crippen molar-refractivity contribution >= 4 is 23.6 Å². The second-order valence-electron chi connectivity index (χ2n) is 6.02. The molecule has 1 aliphatic rings. The molecule has 1 aliphatic heterocycles. The van der Waals surface area contributed by atoms with Gasteiger partial charge in [0.05, 0.1) is 12.3 Å². The number of piperidine rings is 1. The molecule has 1 atom stereocenters. The zero-order valence-electron chi connectivity index (χ0n) is 13.7. The molecule has 0 saturated carbocycles. The van der Waals surface area contributed by atoms with Crippen LogP contribution in [0.3, 0.4) is 0 Å². The largest absolute Gasteiger partial charge is 0.481 e. The lowest BCUT2D eigenvalue weighted by Gasteiger charge is -2.32. The number of hydrogen-bond donors (Lipinski definition) is 3. The van der Waals surface area contributed by atoms with Crippen LogP contribution in [0.25, 0.3) is 0 Å². The summed E-state index contributed by atoms with van der Waals surface area (Å²) >= 11 is 0. The van der Waals surface area contributed by atoms with E-state index in [1.165, 1.54) is 0 Å². The molecule has 1 fully saturated rings. The standard InChI is InChI=1S/C17H23N3O4/c1-12-4-2-6-14(10-12)19-17(24)20-9-3-5-13(11-20)16(23)18-8-7-15(21)22/h2,4,6,10,13H,3,5,7-9,11H2,1H3,(H,18,23)(H,19,24)(H,21,22). The van der Waals surface area contributed by atoms with E-state index in [2.05, 4.69) is 10.6 Å². The van der Waals surface area contributed by atoms with Gasteiger partial charge >= 0.3 is 12.0 Å². The number of urea groups is 1. The highest BCUT2D eigenvalue weighted by Gasteiger charge is 2.28. The molecule has 1 aromatic rings. The molecule has 2 rings (SSSR count). The van der Waals surface area contributed by atoms with E-state index in [4.69, 9.17) is 5.11 Å². The topological polar surface area (TPSA) is 98.7 Å². The zero-order valence-corrected chi connectivity index (χ0v) is 13.7. The van der Waals surface area contributed by atoms with E-state index in [0.29, 0.717) is 19.5 Å². The van der Waals surface area contributed by atoms with Gasteiger partial charge in [0.2, 0.25) is 5.91 Å². The number of hydrogen-bond acceptors (Lipinski definition) is 3. The highest BCUT2D eigenvalue weighted by molar-refractivity contribution is 5.90. The molecule has 130 valence electrons. The summed E-state index contributed by atoms with van der Waals surface area (Å²) < 4.78 is 0. The molecule has 3 amide bonds. The fraction of sp³-hybridized carbons (Fsp3) is 0.471. The molecule has 0 aromatic heterocycles. The first-order valence-electron chi connectivity index (χ1n) is 8.08. The highest BCUT2D eigenvalue weighted by Crippen LogP contribution is 2.18. The fourth-order valence-corrected chi connectivity index (χ4v) is 2.74. The molecule has 24 heavy (non-hydrogen) atoms. The Kier molecular flexibility index (Phi) is 6.17. The number of carboxylic acid groups (broad SMARTS) is 1. The van der Waals surface area contributed by atoms with Crippen LogP contribution in [0.4, 0.5) is 10.5 Å². The Morgan fingerprint density at radius 2 is 2.12 bits per heavy atom. The molecule has 3 N–H and O–H groups in total. The first-order chi connectivity index (χ1) is 11.5. The van der Waals surface area contributed by atoms with Crippen molar-refractivity contribution in [3.63, 3.8) is 0 Å². The lowest BCUT2D eigenvalue weighted by atomic mass is 9.97. The molecule has 1 heterocycles. The van der Waals surface area contributed by atoms with E-state index in [1.807, 2.05) is 31.2 Å². The van der Waals surface area contributed by atoms with Crippen LogP contribution in [-0.4, -0.2) is 47.5 Å². The van der Waals surface area contributed by atoms with Crippen molar-refractivity contribution in [1.29, 1.82) is 0 Å². The van der Waals surface area contributed by atoms with Crippen LogP contribution >= 0.6 is 0 Å². The van der Waals surface area contributed by atoms with Gasteiger partial charge in [0.25, 0.3) is 0 Å². The molecule has 7 heteroatoms. The summed E-state index contributed by atoms with van der Waals surface area (Å²) in [5.41, 5.74) is 1.79. The lowest BCUT2D eigenvalue weighted by molar-refractivity contribution is -0.137. The lowest BCUT2D eigenvalue weighted by Crippen LogP contribution is -2.47. The first kappa shape index (κ1) is 17.8. The molecule has 0 bridgehead atoms. The van der Waals surface area contributed by atoms with Crippen LogP contribution < -0.4 is 10.6 Å². The van der Waals surface area contributed by atoms with Gasteiger partial charge in [-0.25, -0.2) is 4.79 Å². The van der Waals surface area contributed by atoms with Gasteiger partial charge in [-0.3, -0.25) is 9.59 Å². The summed E-state index contributed by atoms with van der Waals surface area (Å²) in [5, 5.41) is 14.1. The van der Waals surface area contributed by atoms with Crippen LogP contribution in [-0.2, 0) is 9.59 Å². The smallest absolute Gasteiger partial charge is 0.321 e. The predicted molar refractivity (Wildman–Crippen MR) is 89.8 cm³/mol. The molecule has 0 radical (unpaired) electrons. The molecule has 1 unspecified atom stereocenters. The summed E-state index contributed by atoms with van der Waals surface area (Å²) in [6.07, 6.45) is 1.35. The molecular weight excluding hydrogens is 310 g/mol. The van der Waals surface area contributed by atoms with E-state index in [1.54, 1.807) is 4.90 Å². The number of carbonyl (C=O) groups excluding carboxylic acids is 2. The van der Waals surface area contributed by atoms with E-state index >= 15 is 0 Å². The van der Waals surface area contributed by atoms with Gasteiger partial charge in [-0.1, -0.05) is 12.1 Å². The third kappa shape index (κ3) is 5.26. The van der Waals surface area contributed by atoms with Crippen molar-refractivity contribution in [2.75, 3.05) is 25.0 Å². The normalized spacial score (nSPS) is 17.2. The second-order valence-corrected chi connectivity index (χ2v) is 6.02. The molecular formula is C17H23N3O4. The van der Waals surface area contributed by atoms with Crippen molar-refractivity contribution in [3.8, 4) is 0 Å². The summed E-state index contributed by atoms with van der Waals surface area (Å²) in [7, 11) is 0. The van der Waals surface area contributed by atoms with Crippen molar-refractivity contribution in [2.24, 2.45) is 5.92 Å². The Balaban J connectivity index is 1.86. The number of aryl methyl sites for hydroxylation is 1. The Bertz CT molecular complexity index is 618. The first-order valence-corrected chi connectivity index (χ1v) is 8.08. The van der Waals surface area contributed by atoms with E-state index in [9.17, 15) is 14.4 Å². The number of amides is 3. The molecule has 1 saturated heterocycles. The van der Waals surface area contributed by atoms with Crippen LogP contribution in [0, 0.1) is 12.8 Å². The minimum atomic E-state index is -0.946. The predicted octanol–water partition coefficient (Wildman–Crippen LogP) is 1.83. The number of carbonyl (C=O) groups is 3. The minimum Gasteiger partial charge on any atom is -0.481 e. The monoisotopic (exact) mass is 333 g/mol. The van der Waals surface area contributed by atoms with Gasteiger partial charge in [-0.2, -0.15) is 0 Å². The van der Waals surface area contributed by atoms with Crippen molar-refractivity contribution in [2.45, 2.75) is 26.2 Å². The van der Waals surface area contributed by atoms with Crippen molar-refractivity contribution < 1.29 is 19.5 Å². The Labute approximate surface area is 141 Å². The van der Waals surface area contributed by atoms with Gasteiger partial charge in [0, 0.05) is 25.3 Å². The Hall–Kier alpha value is -2.57. The maximum absolute atomic E-state index is 12.4. The number of nitrogens with zero attached hydrogens (tertiary/aromatic N) is 1. The van der Waals surface area contributed by atoms with E-state index < -0.39 is 5.97 Å². The van der Waals surface area contributed by atoms with Gasteiger partial charge < -0.3 is 20.6 Å². The summed E-state index contributed by atoms with van der Waals surface area (Å²) in [5.74, 6) is -1.43. The van der Waals surface area contributed by atoms with Gasteiger partial charge in [-0.15, -0.1) is 0 Å². The third-order valence-corrected chi connectivity index (χ3v) is 3.99. The molecule has 1 aromatic carbocycles. The average Bonchev–Trinajstić information content (AvgIpc) is 2.54. The van der Waals surface area contributed by atoms with Crippen LogP contribution in [0.15, 0.2) is 24.3 Å². The Morgan fingerprint density at radius 1 is 1.33 bits per heavy atom. The number of nitrogens with one attached hydrogen (secondary N) is 2. The minimum absolute atomic E-state index is 0.101. The number of benzene rings is 1. The van der Waals surface area contributed by atoms with Crippen LogP contribution in [0.1, 0.15) is 24.8 Å². The van der Waals surface area contributed by atoms with Crippen molar-refractivity contribution in [3.05, 3.63) is 29.8 Å². The van der Waals surface area contributed by atoms with Gasteiger partial charge in [0.1, 0.15) is 0 Å². The Morgan fingerprint density at radius 3 is 2.83 bits per heavy atom. The maximum Gasteiger partial charge on any atom is 0.321 e. The van der Waals surface area contributed by atoms with Gasteiger partial charge in [-0.05, 0) is 37.5 Å². The van der Waals surface area contributed by atoms with Crippen LogP contribution in [0.5, 0.6) is 0 Å². The fourth-order valence-electron chi connectivity index (χ4n) is 2.74. The number of likely N-dealkylation sites (tertiary alicyclic amines) is 1. The molecule has 0 spiro atoms. The number of anilines is 1. The maximum atomic E-state index is 12.4. The SMILES string of the molecule is Cc1cccc(NC(=O)N2CCCC(C(=O)NCCC(=O)O)C2)c1. The third-order valence-electron chi connectivity index (χ3n) is 3.99. The van der Waals surface area contributed by atoms with Gasteiger partial charge in [0.15, 0.2) is 0 Å². The molecule has 0 aliphatic carbocycles. The van der Waals surface area contributed by atoms with Crippen LogP contribution in [0.2, 0.25) is 0 Å². The quantitative estimate of drug-likeness (QED) is 0.765. The summed E-state index contributed by atoms with van der Waals surface area (Å²) in [6.45, 7) is 3.02. The number of carboxylic acids is 1. The summed E-state index contributed by atoms with van der Waals surface area (Å²) in [6, 6.07) is 7.32. The molecule has 7 nitrogen and oxygen atoms in total. The highest BCUT2D eigenvalue weighted by atomic mass is 16.4. The number of rotatable bonds is 5. The average molecular weight is 333 g/mol.